The standard InChI is InChI=1S/C21H33BO4/c1-19(2,3)14-17(22-25-20(4,5)21(6,7)26-22)15-9-8-10-16(13-15)18-23-11-12-24-18/h8-10,13,17-18H,11-12,14H2,1-7H3. The fraction of sp³-hybridized carbons (Fsp3) is 0.714. The summed E-state index contributed by atoms with van der Waals surface area (Å²) >= 11 is 0. The van der Waals surface area contributed by atoms with Crippen molar-refractivity contribution in [3.05, 3.63) is 35.4 Å². The highest BCUT2D eigenvalue weighted by Crippen LogP contribution is 2.44. The Kier molecular flexibility index (Phi) is 5.30. The van der Waals surface area contributed by atoms with E-state index in [4.69, 9.17) is 18.8 Å². The molecule has 3 rings (SSSR count). The average Bonchev–Trinajstić information content (AvgIpc) is 3.11. The molecule has 2 heterocycles. The molecule has 2 aliphatic rings. The van der Waals surface area contributed by atoms with Crippen molar-refractivity contribution < 1.29 is 18.8 Å². The Bertz CT molecular complexity index is 613. The summed E-state index contributed by atoms with van der Waals surface area (Å²) in [5.74, 6) is 0.150. The van der Waals surface area contributed by atoms with Crippen LogP contribution >= 0.6 is 0 Å². The van der Waals surface area contributed by atoms with Crippen LogP contribution in [0.4, 0.5) is 0 Å². The van der Waals surface area contributed by atoms with Crippen LogP contribution in [0.3, 0.4) is 0 Å². The molecule has 1 aromatic rings. The normalized spacial score (nSPS) is 24.2. The van der Waals surface area contributed by atoms with Crippen molar-refractivity contribution in [1.29, 1.82) is 0 Å². The van der Waals surface area contributed by atoms with Crippen LogP contribution in [0.15, 0.2) is 24.3 Å². The topological polar surface area (TPSA) is 36.9 Å². The summed E-state index contributed by atoms with van der Waals surface area (Å²) < 4.78 is 24.2. The van der Waals surface area contributed by atoms with Gasteiger partial charge in [-0.3, -0.25) is 0 Å². The van der Waals surface area contributed by atoms with Crippen molar-refractivity contribution in [2.75, 3.05) is 13.2 Å². The molecule has 5 heteroatoms. The molecule has 0 amide bonds. The van der Waals surface area contributed by atoms with Gasteiger partial charge in [0.25, 0.3) is 0 Å². The van der Waals surface area contributed by atoms with Crippen molar-refractivity contribution in [1.82, 2.24) is 0 Å². The molecule has 4 nitrogen and oxygen atoms in total. The molecule has 2 fully saturated rings. The van der Waals surface area contributed by atoms with Crippen LogP contribution in [-0.2, 0) is 18.8 Å². The smallest absolute Gasteiger partial charge is 0.403 e. The quantitative estimate of drug-likeness (QED) is 0.717. The lowest BCUT2D eigenvalue weighted by Gasteiger charge is -2.32. The van der Waals surface area contributed by atoms with Crippen LogP contribution in [0.5, 0.6) is 0 Å². The van der Waals surface area contributed by atoms with Crippen LogP contribution in [0.25, 0.3) is 0 Å². The lowest BCUT2D eigenvalue weighted by molar-refractivity contribution is -0.0441. The van der Waals surface area contributed by atoms with E-state index in [0.29, 0.717) is 13.2 Å². The Hall–Kier alpha value is -0.875. The fourth-order valence-corrected chi connectivity index (χ4v) is 3.57. The molecule has 26 heavy (non-hydrogen) atoms. The fourth-order valence-electron chi connectivity index (χ4n) is 3.57. The predicted molar refractivity (Wildman–Crippen MR) is 104 cm³/mol. The second kappa shape index (κ2) is 6.94. The van der Waals surface area contributed by atoms with Gasteiger partial charge in [0.15, 0.2) is 6.29 Å². The van der Waals surface area contributed by atoms with E-state index >= 15 is 0 Å². The van der Waals surface area contributed by atoms with E-state index in [1.807, 2.05) is 0 Å². The molecule has 0 bridgehead atoms. The van der Waals surface area contributed by atoms with E-state index in [2.05, 4.69) is 72.7 Å². The van der Waals surface area contributed by atoms with E-state index in [1.54, 1.807) is 0 Å². The second-order valence-corrected chi connectivity index (χ2v) is 9.74. The highest BCUT2D eigenvalue weighted by Gasteiger charge is 2.54. The Labute approximate surface area is 158 Å². The summed E-state index contributed by atoms with van der Waals surface area (Å²) in [5.41, 5.74) is 1.78. The van der Waals surface area contributed by atoms with Crippen molar-refractivity contribution >= 4 is 7.12 Å². The van der Waals surface area contributed by atoms with Crippen LogP contribution in [0.1, 0.15) is 78.1 Å². The Morgan fingerprint density at radius 1 is 1.04 bits per heavy atom. The van der Waals surface area contributed by atoms with E-state index in [-0.39, 0.29) is 35.8 Å². The monoisotopic (exact) mass is 360 g/mol. The number of hydrogen-bond acceptors (Lipinski definition) is 4. The van der Waals surface area contributed by atoms with Gasteiger partial charge >= 0.3 is 7.12 Å². The maximum absolute atomic E-state index is 6.41. The molecule has 0 aromatic heterocycles. The molecule has 0 radical (unpaired) electrons. The summed E-state index contributed by atoms with van der Waals surface area (Å²) in [6, 6.07) is 8.51. The average molecular weight is 360 g/mol. The van der Waals surface area contributed by atoms with Gasteiger partial charge in [0.2, 0.25) is 0 Å². The first-order valence-electron chi connectivity index (χ1n) is 9.67. The number of hydrogen-bond donors (Lipinski definition) is 0. The lowest BCUT2D eigenvalue weighted by Crippen LogP contribution is -2.41. The van der Waals surface area contributed by atoms with Gasteiger partial charge in [0.1, 0.15) is 0 Å². The molecule has 2 aliphatic heterocycles. The minimum absolute atomic E-state index is 0.150. The molecular weight excluding hydrogens is 327 g/mol. The van der Waals surface area contributed by atoms with Crippen LogP contribution < -0.4 is 0 Å². The van der Waals surface area contributed by atoms with Gasteiger partial charge in [-0.2, -0.15) is 0 Å². The first kappa shape index (κ1) is 19.9. The summed E-state index contributed by atoms with van der Waals surface area (Å²) in [4.78, 5) is 0. The van der Waals surface area contributed by atoms with Gasteiger partial charge in [-0.25, -0.2) is 0 Å². The Morgan fingerprint density at radius 2 is 1.62 bits per heavy atom. The highest BCUT2D eigenvalue weighted by molar-refractivity contribution is 6.47. The second-order valence-electron chi connectivity index (χ2n) is 9.74. The maximum Gasteiger partial charge on any atom is 0.465 e. The zero-order valence-electron chi connectivity index (χ0n) is 17.3. The molecule has 144 valence electrons. The minimum atomic E-state index is -0.330. The summed E-state index contributed by atoms with van der Waals surface area (Å²) in [7, 11) is -0.264. The number of rotatable bonds is 4. The van der Waals surface area contributed by atoms with Gasteiger partial charge < -0.3 is 18.8 Å². The van der Waals surface area contributed by atoms with E-state index in [1.165, 1.54) is 5.56 Å². The van der Waals surface area contributed by atoms with Gasteiger partial charge in [-0.1, -0.05) is 45.0 Å². The summed E-state index contributed by atoms with van der Waals surface area (Å²) in [5, 5.41) is 0. The minimum Gasteiger partial charge on any atom is -0.403 e. The van der Waals surface area contributed by atoms with Crippen molar-refractivity contribution in [3.63, 3.8) is 0 Å². The molecule has 0 saturated carbocycles. The molecule has 0 N–H and O–H groups in total. The largest absolute Gasteiger partial charge is 0.465 e. The molecule has 1 unspecified atom stereocenters. The first-order valence-corrected chi connectivity index (χ1v) is 9.67. The SMILES string of the molecule is CC(C)(C)CC(B1OC(C)(C)C(C)(C)O1)c1cccc(C2OCCO2)c1. The third kappa shape index (κ3) is 4.17. The van der Waals surface area contributed by atoms with E-state index < -0.39 is 0 Å². The van der Waals surface area contributed by atoms with Crippen LogP contribution in [0, 0.1) is 5.41 Å². The maximum atomic E-state index is 6.41. The molecule has 2 saturated heterocycles. The Balaban J connectivity index is 1.91. The number of ether oxygens (including phenoxy) is 2. The van der Waals surface area contributed by atoms with E-state index in [9.17, 15) is 0 Å². The molecule has 0 spiro atoms. The van der Waals surface area contributed by atoms with Crippen LogP contribution in [0.2, 0.25) is 0 Å². The van der Waals surface area contributed by atoms with Crippen molar-refractivity contribution in [2.45, 2.75) is 78.2 Å². The molecule has 0 aliphatic carbocycles. The van der Waals surface area contributed by atoms with Gasteiger partial charge in [-0.15, -0.1) is 0 Å². The number of benzene rings is 1. The lowest BCUT2D eigenvalue weighted by atomic mass is 9.62. The Morgan fingerprint density at radius 3 is 2.15 bits per heavy atom. The van der Waals surface area contributed by atoms with Gasteiger partial charge in [-0.05, 0) is 45.1 Å². The van der Waals surface area contributed by atoms with Crippen molar-refractivity contribution in [3.8, 4) is 0 Å². The highest BCUT2D eigenvalue weighted by atomic mass is 16.7. The van der Waals surface area contributed by atoms with Crippen molar-refractivity contribution in [2.24, 2.45) is 5.41 Å². The first-order chi connectivity index (χ1) is 12.0. The zero-order chi connectivity index (χ0) is 19.2. The third-order valence-corrected chi connectivity index (χ3v) is 5.67. The zero-order valence-corrected chi connectivity index (χ0v) is 17.3. The van der Waals surface area contributed by atoms with Crippen LogP contribution in [-0.4, -0.2) is 31.5 Å². The molecular formula is C21H33BO4. The molecule has 1 atom stereocenters. The molecule has 1 aromatic carbocycles. The van der Waals surface area contributed by atoms with E-state index in [0.717, 1.165) is 12.0 Å². The van der Waals surface area contributed by atoms with Gasteiger partial charge in [0.05, 0.1) is 24.4 Å². The predicted octanol–water partition coefficient (Wildman–Crippen LogP) is 4.88. The summed E-state index contributed by atoms with van der Waals surface area (Å²) in [6.07, 6.45) is 0.711. The van der Waals surface area contributed by atoms with Gasteiger partial charge in [0, 0.05) is 11.4 Å². The third-order valence-electron chi connectivity index (χ3n) is 5.67. The summed E-state index contributed by atoms with van der Waals surface area (Å²) in [6.45, 7) is 16.5.